The minimum atomic E-state index is 0. The molecule has 1 aliphatic rings. The molecular weight excluding hydrogens is 427 g/mol. The lowest BCUT2D eigenvalue weighted by Gasteiger charge is -2.13. The van der Waals surface area contributed by atoms with Crippen molar-refractivity contribution < 1.29 is 4.79 Å². The number of halogens is 2. The molecule has 1 amide bonds. The van der Waals surface area contributed by atoms with Crippen LogP contribution in [0, 0.1) is 20.8 Å². The molecule has 1 aromatic carbocycles. The van der Waals surface area contributed by atoms with E-state index in [2.05, 4.69) is 11.9 Å². The van der Waals surface area contributed by atoms with Crippen molar-refractivity contribution in [3.8, 4) is 5.13 Å². The molecule has 0 saturated carbocycles. The van der Waals surface area contributed by atoms with E-state index >= 15 is 0 Å². The average molecular weight is 451 g/mol. The summed E-state index contributed by atoms with van der Waals surface area (Å²) in [5.74, 6) is 0.0988. The Bertz CT molecular complexity index is 1020. The van der Waals surface area contributed by atoms with Gasteiger partial charge in [0, 0.05) is 35.8 Å². The molecule has 0 radical (unpaired) electrons. The number of carbonyl (C=O) groups is 1. The fraction of sp³-hybridized carbons (Fsp3) is 0.381. The minimum Gasteiger partial charge on any atom is -0.338 e. The van der Waals surface area contributed by atoms with Gasteiger partial charge in [-0.15, -0.1) is 12.4 Å². The number of aryl methyl sites for hydroxylation is 2. The van der Waals surface area contributed by atoms with E-state index < -0.39 is 0 Å². The van der Waals surface area contributed by atoms with Crippen LogP contribution in [0.4, 0.5) is 0 Å². The van der Waals surface area contributed by atoms with E-state index in [0.29, 0.717) is 0 Å². The molecule has 1 aliphatic heterocycles. The topological polar surface area (TPSA) is 51.0 Å². The molecule has 1 fully saturated rings. The monoisotopic (exact) mass is 450 g/mol. The molecule has 1 saturated heterocycles. The normalized spacial score (nSPS) is 13.6. The zero-order valence-electron chi connectivity index (χ0n) is 16.7. The van der Waals surface area contributed by atoms with Crippen LogP contribution in [0.15, 0.2) is 24.3 Å². The lowest BCUT2D eigenvalue weighted by Crippen LogP contribution is -2.27. The number of hydrogen-bond donors (Lipinski definition) is 0. The van der Waals surface area contributed by atoms with E-state index in [-0.39, 0.29) is 18.3 Å². The first-order valence-corrected chi connectivity index (χ1v) is 10.7. The van der Waals surface area contributed by atoms with Crippen molar-refractivity contribution in [2.75, 3.05) is 13.1 Å². The Balaban J connectivity index is 0.00000240. The first kappa shape index (κ1) is 21.8. The summed E-state index contributed by atoms with van der Waals surface area (Å²) in [6.45, 7) is 7.67. The number of amides is 1. The van der Waals surface area contributed by atoms with Crippen LogP contribution in [0.25, 0.3) is 5.13 Å². The maximum absolute atomic E-state index is 12.8. The van der Waals surface area contributed by atoms with Crippen molar-refractivity contribution in [1.29, 1.82) is 0 Å². The van der Waals surface area contributed by atoms with E-state index in [1.807, 2.05) is 47.7 Å². The van der Waals surface area contributed by atoms with Crippen LogP contribution in [0.1, 0.15) is 50.7 Å². The van der Waals surface area contributed by atoms with Crippen LogP contribution in [0.5, 0.6) is 0 Å². The summed E-state index contributed by atoms with van der Waals surface area (Å²) >= 11 is 7.43. The Labute approximate surface area is 186 Å². The van der Waals surface area contributed by atoms with E-state index in [9.17, 15) is 4.79 Å². The molecule has 3 aromatic rings. The second kappa shape index (κ2) is 8.86. The van der Waals surface area contributed by atoms with Crippen LogP contribution in [-0.2, 0) is 6.42 Å². The third-order valence-electron chi connectivity index (χ3n) is 5.29. The van der Waals surface area contributed by atoms with Gasteiger partial charge in [0.2, 0.25) is 5.13 Å². The first-order valence-electron chi connectivity index (χ1n) is 9.50. The summed E-state index contributed by atoms with van der Waals surface area (Å²) in [5, 5.41) is 6.21. The Morgan fingerprint density at radius 1 is 1.10 bits per heavy atom. The number of likely N-dealkylation sites (tertiary alicyclic amines) is 1. The number of benzene rings is 1. The lowest BCUT2D eigenvalue weighted by atomic mass is 10.0. The Morgan fingerprint density at radius 3 is 2.41 bits per heavy atom. The van der Waals surface area contributed by atoms with Crippen LogP contribution in [0.2, 0.25) is 5.02 Å². The van der Waals surface area contributed by atoms with Crippen molar-refractivity contribution >= 4 is 41.3 Å². The second-order valence-electron chi connectivity index (χ2n) is 7.27. The fourth-order valence-electron chi connectivity index (χ4n) is 3.66. The van der Waals surface area contributed by atoms with Gasteiger partial charge in [0.1, 0.15) is 4.88 Å². The van der Waals surface area contributed by atoms with Gasteiger partial charge in [-0.2, -0.15) is 5.10 Å². The highest BCUT2D eigenvalue weighted by atomic mass is 35.5. The quantitative estimate of drug-likeness (QED) is 0.551. The summed E-state index contributed by atoms with van der Waals surface area (Å²) in [7, 11) is 0. The number of hydrogen-bond acceptors (Lipinski definition) is 4. The molecular formula is C21H24Cl2N4OS. The third kappa shape index (κ3) is 4.34. The van der Waals surface area contributed by atoms with E-state index in [1.165, 1.54) is 22.5 Å². The van der Waals surface area contributed by atoms with Crippen molar-refractivity contribution in [2.45, 2.75) is 40.0 Å². The molecule has 4 rings (SSSR count). The summed E-state index contributed by atoms with van der Waals surface area (Å²) in [6, 6.07) is 7.90. The van der Waals surface area contributed by atoms with E-state index in [4.69, 9.17) is 16.7 Å². The zero-order chi connectivity index (χ0) is 19.8. The first-order chi connectivity index (χ1) is 13.4. The highest BCUT2D eigenvalue weighted by Gasteiger charge is 2.25. The van der Waals surface area contributed by atoms with E-state index in [0.717, 1.165) is 64.5 Å². The predicted octanol–water partition coefficient (Wildman–Crippen LogP) is 5.16. The molecule has 0 bridgehead atoms. The average Bonchev–Trinajstić information content (AvgIpc) is 3.39. The lowest BCUT2D eigenvalue weighted by molar-refractivity contribution is 0.0796. The van der Waals surface area contributed by atoms with Crippen molar-refractivity contribution in [3.05, 3.63) is 62.4 Å². The van der Waals surface area contributed by atoms with Gasteiger partial charge in [0.25, 0.3) is 5.91 Å². The molecule has 0 atom stereocenters. The van der Waals surface area contributed by atoms with Crippen molar-refractivity contribution in [2.24, 2.45) is 0 Å². The SMILES string of the molecule is Cc1nc(-n2nc(C)c(Cc3ccc(Cl)cc3)c2C)sc1C(=O)N1CCCC1.Cl. The van der Waals surface area contributed by atoms with Gasteiger partial charge in [-0.1, -0.05) is 35.1 Å². The Kier molecular flexibility index (Phi) is 6.66. The van der Waals surface area contributed by atoms with Gasteiger partial charge in [-0.25, -0.2) is 9.67 Å². The standard InChI is InChI=1S/C21H23ClN4OS.ClH/c1-13-18(12-16-6-8-17(22)9-7-16)15(3)26(24-13)21-23-14(2)19(28-21)20(27)25-10-4-5-11-25;/h6-9H,4-5,10-12H2,1-3H3;1H. The number of aromatic nitrogens is 3. The van der Waals surface area contributed by atoms with Gasteiger partial charge in [0.05, 0.1) is 11.4 Å². The molecule has 0 N–H and O–H groups in total. The van der Waals surface area contributed by atoms with Gasteiger partial charge in [-0.3, -0.25) is 4.79 Å². The predicted molar refractivity (Wildman–Crippen MR) is 120 cm³/mol. The molecule has 154 valence electrons. The largest absolute Gasteiger partial charge is 0.338 e. The summed E-state index contributed by atoms with van der Waals surface area (Å²) < 4.78 is 1.87. The van der Waals surface area contributed by atoms with Gasteiger partial charge in [0.15, 0.2) is 0 Å². The highest BCUT2D eigenvalue weighted by molar-refractivity contribution is 7.16. The summed E-state index contributed by atoms with van der Waals surface area (Å²) in [4.78, 5) is 20.1. The summed E-state index contributed by atoms with van der Waals surface area (Å²) in [6.07, 6.45) is 2.96. The van der Waals surface area contributed by atoms with Gasteiger partial charge in [-0.05, 0) is 51.3 Å². The smallest absolute Gasteiger partial charge is 0.265 e. The second-order valence-corrected chi connectivity index (χ2v) is 8.69. The third-order valence-corrected chi connectivity index (χ3v) is 6.66. The minimum absolute atomic E-state index is 0. The summed E-state index contributed by atoms with van der Waals surface area (Å²) in [5.41, 5.74) is 5.19. The molecule has 0 spiro atoms. The number of thiazole rings is 1. The van der Waals surface area contributed by atoms with Crippen LogP contribution >= 0.6 is 35.3 Å². The van der Waals surface area contributed by atoms with Crippen molar-refractivity contribution in [3.63, 3.8) is 0 Å². The molecule has 2 aromatic heterocycles. The molecule has 3 heterocycles. The van der Waals surface area contributed by atoms with Crippen LogP contribution < -0.4 is 0 Å². The number of nitrogens with zero attached hydrogens (tertiary/aromatic N) is 4. The zero-order valence-corrected chi connectivity index (χ0v) is 19.1. The molecule has 29 heavy (non-hydrogen) atoms. The molecule has 5 nitrogen and oxygen atoms in total. The van der Waals surface area contributed by atoms with Gasteiger partial charge >= 0.3 is 0 Å². The van der Waals surface area contributed by atoms with E-state index in [1.54, 1.807) is 0 Å². The van der Waals surface area contributed by atoms with Gasteiger partial charge < -0.3 is 4.90 Å². The van der Waals surface area contributed by atoms with Crippen LogP contribution in [-0.4, -0.2) is 38.7 Å². The number of rotatable bonds is 4. The van der Waals surface area contributed by atoms with Crippen LogP contribution in [0.3, 0.4) is 0 Å². The number of carbonyl (C=O) groups excluding carboxylic acids is 1. The Morgan fingerprint density at radius 2 is 1.76 bits per heavy atom. The molecule has 8 heteroatoms. The maximum Gasteiger partial charge on any atom is 0.265 e. The fourth-order valence-corrected chi connectivity index (χ4v) is 4.82. The highest BCUT2D eigenvalue weighted by Crippen LogP contribution is 2.28. The molecule has 0 aliphatic carbocycles. The maximum atomic E-state index is 12.8. The Hall–Kier alpha value is -1.89. The molecule has 0 unspecified atom stereocenters. The van der Waals surface area contributed by atoms with Crippen molar-refractivity contribution in [1.82, 2.24) is 19.7 Å².